The van der Waals surface area contributed by atoms with E-state index in [9.17, 15) is 18.4 Å². The molecule has 0 heterocycles. The standard InChI is InChI=1S/C23H19F2NO4/c1-15(29-22(28)17-10-7-11-18(14-17)30-23(24)25)21(27)26-20-13-6-5-12-19(20)16-8-3-2-4-9-16/h2-15,23H,1H3,(H,26,27)/t15-/m0/s1. The van der Waals surface area contributed by atoms with E-state index in [0.717, 1.165) is 17.2 Å². The largest absolute Gasteiger partial charge is 0.449 e. The first kappa shape index (κ1) is 21.0. The molecule has 0 aromatic heterocycles. The van der Waals surface area contributed by atoms with Gasteiger partial charge in [0.15, 0.2) is 6.10 Å². The van der Waals surface area contributed by atoms with Crippen LogP contribution in [-0.4, -0.2) is 24.6 Å². The Hall–Kier alpha value is -3.74. The van der Waals surface area contributed by atoms with Crippen LogP contribution in [0, 0.1) is 0 Å². The minimum atomic E-state index is -3.01. The van der Waals surface area contributed by atoms with Gasteiger partial charge in [-0.1, -0.05) is 54.6 Å². The maximum absolute atomic E-state index is 12.6. The summed E-state index contributed by atoms with van der Waals surface area (Å²) in [5.74, 6) is -1.52. The first-order chi connectivity index (χ1) is 14.4. The molecule has 0 aliphatic carbocycles. The third-order valence-electron chi connectivity index (χ3n) is 4.22. The molecule has 154 valence electrons. The predicted octanol–water partition coefficient (Wildman–Crippen LogP) is 5.14. The molecule has 0 aliphatic heterocycles. The molecule has 3 rings (SSSR count). The fourth-order valence-corrected chi connectivity index (χ4v) is 2.78. The molecule has 0 bridgehead atoms. The summed E-state index contributed by atoms with van der Waals surface area (Å²) in [6, 6.07) is 22.0. The summed E-state index contributed by atoms with van der Waals surface area (Å²) in [5.41, 5.74) is 2.32. The zero-order valence-corrected chi connectivity index (χ0v) is 16.0. The number of esters is 1. The monoisotopic (exact) mass is 411 g/mol. The van der Waals surface area contributed by atoms with Crippen molar-refractivity contribution in [1.29, 1.82) is 0 Å². The number of carbonyl (C=O) groups excluding carboxylic acids is 2. The van der Waals surface area contributed by atoms with Crippen LogP contribution in [0.3, 0.4) is 0 Å². The van der Waals surface area contributed by atoms with Crippen molar-refractivity contribution in [3.05, 3.63) is 84.4 Å². The van der Waals surface area contributed by atoms with Gasteiger partial charge in [-0.05, 0) is 36.8 Å². The second-order valence-corrected chi connectivity index (χ2v) is 6.35. The highest BCUT2D eigenvalue weighted by atomic mass is 19.3. The quantitative estimate of drug-likeness (QED) is 0.547. The average molecular weight is 411 g/mol. The van der Waals surface area contributed by atoms with Crippen LogP contribution >= 0.6 is 0 Å². The molecule has 30 heavy (non-hydrogen) atoms. The highest BCUT2D eigenvalue weighted by Crippen LogP contribution is 2.27. The van der Waals surface area contributed by atoms with Crippen LogP contribution in [0.15, 0.2) is 78.9 Å². The molecule has 1 atom stereocenters. The minimum Gasteiger partial charge on any atom is -0.449 e. The van der Waals surface area contributed by atoms with Gasteiger partial charge in [-0.25, -0.2) is 4.79 Å². The molecule has 0 saturated heterocycles. The molecular weight excluding hydrogens is 392 g/mol. The Labute approximate surface area is 172 Å². The van der Waals surface area contributed by atoms with Gasteiger partial charge in [-0.2, -0.15) is 8.78 Å². The van der Waals surface area contributed by atoms with Gasteiger partial charge >= 0.3 is 12.6 Å². The molecule has 0 aliphatic rings. The van der Waals surface area contributed by atoms with Gasteiger partial charge < -0.3 is 14.8 Å². The summed E-state index contributed by atoms with van der Waals surface area (Å²) < 4.78 is 34.1. The molecule has 0 radical (unpaired) electrons. The number of carbonyl (C=O) groups is 2. The van der Waals surface area contributed by atoms with Crippen LogP contribution in [-0.2, 0) is 9.53 Å². The molecule has 0 fully saturated rings. The minimum absolute atomic E-state index is 0.00233. The van der Waals surface area contributed by atoms with Crippen LogP contribution in [0.2, 0.25) is 0 Å². The third kappa shape index (κ3) is 5.41. The normalized spacial score (nSPS) is 11.6. The summed E-state index contributed by atoms with van der Waals surface area (Å²) >= 11 is 0. The molecule has 0 spiro atoms. The zero-order valence-electron chi connectivity index (χ0n) is 16.0. The lowest BCUT2D eigenvalue weighted by atomic mass is 10.0. The lowest BCUT2D eigenvalue weighted by molar-refractivity contribution is -0.123. The number of para-hydroxylation sites is 1. The predicted molar refractivity (Wildman–Crippen MR) is 108 cm³/mol. The van der Waals surface area contributed by atoms with E-state index in [1.807, 2.05) is 42.5 Å². The van der Waals surface area contributed by atoms with Crippen LogP contribution in [0.25, 0.3) is 11.1 Å². The molecule has 1 N–H and O–H groups in total. The fraction of sp³-hybridized carbons (Fsp3) is 0.130. The molecule has 1 amide bonds. The smallest absolute Gasteiger partial charge is 0.387 e. The Morgan fingerprint density at radius 1 is 0.900 bits per heavy atom. The second kappa shape index (κ2) is 9.65. The van der Waals surface area contributed by atoms with E-state index in [1.54, 1.807) is 12.1 Å². The summed E-state index contributed by atoms with van der Waals surface area (Å²) in [7, 11) is 0. The number of halogens is 2. The SMILES string of the molecule is C[C@H](OC(=O)c1cccc(OC(F)F)c1)C(=O)Nc1ccccc1-c1ccccc1. The average Bonchev–Trinajstić information content (AvgIpc) is 2.74. The van der Waals surface area contributed by atoms with Crippen molar-refractivity contribution in [3.8, 4) is 16.9 Å². The van der Waals surface area contributed by atoms with Gasteiger partial charge in [0.25, 0.3) is 5.91 Å². The maximum Gasteiger partial charge on any atom is 0.387 e. The van der Waals surface area contributed by atoms with Crippen molar-refractivity contribution in [2.75, 3.05) is 5.32 Å². The Bertz CT molecular complexity index is 1020. The van der Waals surface area contributed by atoms with Crippen LogP contribution in [0.5, 0.6) is 5.75 Å². The van der Waals surface area contributed by atoms with Crippen molar-refractivity contribution >= 4 is 17.6 Å². The van der Waals surface area contributed by atoms with E-state index in [0.29, 0.717) is 5.69 Å². The van der Waals surface area contributed by atoms with Gasteiger partial charge in [0.1, 0.15) is 5.75 Å². The Morgan fingerprint density at radius 3 is 2.33 bits per heavy atom. The van der Waals surface area contributed by atoms with E-state index in [1.165, 1.54) is 25.1 Å². The lowest BCUT2D eigenvalue weighted by Crippen LogP contribution is -2.30. The van der Waals surface area contributed by atoms with E-state index in [-0.39, 0.29) is 11.3 Å². The van der Waals surface area contributed by atoms with Gasteiger partial charge in [-0.3, -0.25) is 4.79 Å². The van der Waals surface area contributed by atoms with Crippen molar-refractivity contribution in [3.63, 3.8) is 0 Å². The van der Waals surface area contributed by atoms with Crippen LogP contribution < -0.4 is 10.1 Å². The van der Waals surface area contributed by atoms with Crippen molar-refractivity contribution < 1.29 is 27.8 Å². The molecule has 5 nitrogen and oxygen atoms in total. The fourth-order valence-electron chi connectivity index (χ4n) is 2.78. The first-order valence-electron chi connectivity index (χ1n) is 9.15. The Morgan fingerprint density at radius 2 is 1.60 bits per heavy atom. The van der Waals surface area contributed by atoms with Crippen molar-refractivity contribution in [2.24, 2.45) is 0 Å². The molecule has 0 unspecified atom stereocenters. The molecular formula is C23H19F2NO4. The van der Waals surface area contributed by atoms with Gasteiger partial charge in [0.2, 0.25) is 0 Å². The molecule has 7 heteroatoms. The van der Waals surface area contributed by atoms with Crippen LogP contribution in [0.1, 0.15) is 17.3 Å². The van der Waals surface area contributed by atoms with E-state index in [4.69, 9.17) is 4.74 Å². The summed E-state index contributed by atoms with van der Waals surface area (Å²) in [6.45, 7) is -1.58. The summed E-state index contributed by atoms with van der Waals surface area (Å²) in [6.07, 6.45) is -1.11. The highest BCUT2D eigenvalue weighted by molar-refractivity contribution is 6.00. The van der Waals surface area contributed by atoms with Crippen molar-refractivity contribution in [2.45, 2.75) is 19.6 Å². The van der Waals surface area contributed by atoms with Gasteiger partial charge in [0.05, 0.1) is 5.56 Å². The number of amides is 1. The van der Waals surface area contributed by atoms with Gasteiger partial charge in [0, 0.05) is 11.3 Å². The number of hydrogen-bond acceptors (Lipinski definition) is 4. The van der Waals surface area contributed by atoms with Crippen LogP contribution in [0.4, 0.5) is 14.5 Å². The zero-order chi connectivity index (χ0) is 21.5. The number of anilines is 1. The lowest BCUT2D eigenvalue weighted by Gasteiger charge is -2.16. The number of benzene rings is 3. The third-order valence-corrected chi connectivity index (χ3v) is 4.22. The molecule has 0 saturated carbocycles. The Kier molecular flexibility index (Phi) is 6.75. The molecule has 3 aromatic carbocycles. The summed E-state index contributed by atoms with van der Waals surface area (Å²) in [5, 5.41) is 2.76. The van der Waals surface area contributed by atoms with Crippen molar-refractivity contribution in [1.82, 2.24) is 0 Å². The van der Waals surface area contributed by atoms with E-state index in [2.05, 4.69) is 10.1 Å². The number of alkyl halides is 2. The number of nitrogens with one attached hydrogen (secondary N) is 1. The van der Waals surface area contributed by atoms with E-state index >= 15 is 0 Å². The number of ether oxygens (including phenoxy) is 2. The highest BCUT2D eigenvalue weighted by Gasteiger charge is 2.20. The Balaban J connectivity index is 1.68. The van der Waals surface area contributed by atoms with E-state index < -0.39 is 24.6 Å². The first-order valence-corrected chi connectivity index (χ1v) is 9.15. The second-order valence-electron chi connectivity index (χ2n) is 6.35. The molecule has 3 aromatic rings. The summed E-state index contributed by atoms with van der Waals surface area (Å²) in [4.78, 5) is 24.9. The van der Waals surface area contributed by atoms with Gasteiger partial charge in [-0.15, -0.1) is 0 Å². The number of hydrogen-bond donors (Lipinski definition) is 1. The maximum atomic E-state index is 12.6. The topological polar surface area (TPSA) is 64.6 Å². The number of rotatable bonds is 7.